The molecule has 2 heterocycles. The maximum atomic E-state index is 12.9. The van der Waals surface area contributed by atoms with Gasteiger partial charge in [0.2, 0.25) is 5.13 Å². The van der Waals surface area contributed by atoms with Gasteiger partial charge in [-0.2, -0.15) is 0 Å². The minimum Gasteiger partial charge on any atom is -0.493 e. The third kappa shape index (κ3) is 6.40. The summed E-state index contributed by atoms with van der Waals surface area (Å²) in [6.45, 7) is 0.867. The Bertz CT molecular complexity index is 1250. The van der Waals surface area contributed by atoms with Crippen molar-refractivity contribution in [2.75, 3.05) is 33.1 Å². The van der Waals surface area contributed by atoms with Gasteiger partial charge in [-0.3, -0.25) is 15.1 Å². The molecule has 0 spiro atoms. The number of ether oxygens (including phenoxy) is 2. The van der Waals surface area contributed by atoms with E-state index in [1.54, 1.807) is 37.7 Å². The van der Waals surface area contributed by atoms with Crippen molar-refractivity contribution in [3.05, 3.63) is 84.2 Å². The number of aromatic nitrogens is 3. The first-order valence-corrected chi connectivity index (χ1v) is 11.9. The van der Waals surface area contributed by atoms with Crippen LogP contribution in [-0.2, 0) is 0 Å². The van der Waals surface area contributed by atoms with Gasteiger partial charge in [0.15, 0.2) is 11.5 Å². The van der Waals surface area contributed by atoms with Crippen molar-refractivity contribution in [3.63, 3.8) is 0 Å². The quantitative estimate of drug-likeness (QED) is 0.338. The van der Waals surface area contributed by atoms with Gasteiger partial charge in [-0.25, -0.2) is 0 Å². The summed E-state index contributed by atoms with van der Waals surface area (Å²) < 4.78 is 11.9. The molecule has 180 valence electrons. The van der Waals surface area contributed by atoms with Crippen LogP contribution in [0, 0.1) is 0 Å². The Hall–Kier alpha value is -3.82. The molecular weight excluding hydrogens is 462 g/mol. The average Bonchev–Trinajstić information content (AvgIpc) is 3.36. The molecule has 1 N–H and O–H groups in total. The molecule has 0 aliphatic carbocycles. The van der Waals surface area contributed by atoms with Crippen molar-refractivity contribution in [3.8, 4) is 22.1 Å². The van der Waals surface area contributed by atoms with Crippen molar-refractivity contribution in [2.24, 2.45) is 0 Å². The zero-order valence-corrected chi connectivity index (χ0v) is 20.7. The summed E-state index contributed by atoms with van der Waals surface area (Å²) in [6.07, 6.45) is 4.03. The fraction of sp³-hybridized carbons (Fsp3) is 0.231. The number of rotatable bonds is 10. The fourth-order valence-electron chi connectivity index (χ4n) is 3.45. The predicted octanol–water partition coefficient (Wildman–Crippen LogP) is 4.93. The van der Waals surface area contributed by atoms with Crippen LogP contribution in [0.3, 0.4) is 0 Å². The van der Waals surface area contributed by atoms with Gasteiger partial charge in [0.1, 0.15) is 11.1 Å². The van der Waals surface area contributed by atoms with Crippen LogP contribution in [-0.4, -0.2) is 53.7 Å². The van der Waals surface area contributed by atoms with E-state index in [1.165, 1.54) is 11.3 Å². The highest BCUT2D eigenvalue weighted by Gasteiger charge is 2.19. The number of carbonyl (C=O) groups excluding carboxylic acids is 1. The van der Waals surface area contributed by atoms with E-state index >= 15 is 0 Å². The summed E-state index contributed by atoms with van der Waals surface area (Å²) in [5, 5.41) is 12.2. The molecule has 8 nitrogen and oxygen atoms in total. The Morgan fingerprint density at radius 3 is 2.51 bits per heavy atom. The lowest BCUT2D eigenvalue weighted by Gasteiger charge is -2.23. The van der Waals surface area contributed by atoms with Crippen molar-refractivity contribution in [2.45, 2.75) is 12.5 Å². The van der Waals surface area contributed by atoms with Crippen molar-refractivity contribution >= 4 is 22.4 Å². The largest absolute Gasteiger partial charge is 0.493 e. The fourth-order valence-corrected chi connectivity index (χ4v) is 4.19. The SMILES string of the molecule is COc1cc(C(=O)Nc2nnc(-c3ccncc3)s2)ccc1OC(CCN(C)C)c1ccccc1. The van der Waals surface area contributed by atoms with Crippen LogP contribution in [0.1, 0.15) is 28.4 Å². The maximum Gasteiger partial charge on any atom is 0.257 e. The van der Waals surface area contributed by atoms with Crippen LogP contribution in [0.2, 0.25) is 0 Å². The zero-order valence-electron chi connectivity index (χ0n) is 19.8. The molecule has 4 aromatic rings. The molecule has 2 aromatic heterocycles. The van der Waals surface area contributed by atoms with E-state index < -0.39 is 0 Å². The molecule has 0 saturated heterocycles. The number of nitrogens with zero attached hydrogens (tertiary/aromatic N) is 4. The summed E-state index contributed by atoms with van der Waals surface area (Å²) in [6, 6.07) is 18.9. The first-order valence-electron chi connectivity index (χ1n) is 11.1. The molecule has 1 unspecified atom stereocenters. The average molecular weight is 490 g/mol. The van der Waals surface area contributed by atoms with Crippen LogP contribution in [0.5, 0.6) is 11.5 Å². The molecule has 1 atom stereocenters. The molecule has 4 rings (SSSR count). The molecule has 0 radical (unpaired) electrons. The molecule has 0 aliphatic heterocycles. The van der Waals surface area contributed by atoms with Gasteiger partial charge >= 0.3 is 0 Å². The van der Waals surface area contributed by atoms with Gasteiger partial charge in [-0.1, -0.05) is 41.7 Å². The normalized spacial score (nSPS) is 11.8. The van der Waals surface area contributed by atoms with E-state index in [4.69, 9.17) is 9.47 Å². The number of benzene rings is 2. The topological polar surface area (TPSA) is 89.5 Å². The highest BCUT2D eigenvalue weighted by atomic mass is 32.1. The summed E-state index contributed by atoms with van der Waals surface area (Å²) >= 11 is 1.29. The molecule has 35 heavy (non-hydrogen) atoms. The number of anilines is 1. The van der Waals surface area contributed by atoms with E-state index in [0.717, 1.165) is 24.1 Å². The first-order chi connectivity index (χ1) is 17.0. The summed E-state index contributed by atoms with van der Waals surface area (Å²) in [4.78, 5) is 19.0. The van der Waals surface area contributed by atoms with Crippen molar-refractivity contribution in [1.82, 2.24) is 20.1 Å². The second-order valence-electron chi connectivity index (χ2n) is 8.08. The van der Waals surface area contributed by atoms with E-state index in [1.807, 2.05) is 44.4 Å². The number of methoxy groups -OCH3 is 1. The number of carbonyl (C=O) groups is 1. The molecular formula is C26H27N5O3S. The standard InChI is InChI=1S/C26H27N5O3S/c1-31(2)16-13-21(18-7-5-4-6-8-18)34-22-10-9-20(17-23(22)33-3)24(32)28-26-30-29-25(35-26)19-11-14-27-15-12-19/h4-12,14-15,17,21H,13,16H2,1-3H3,(H,28,30,32). The molecule has 0 fully saturated rings. The number of nitrogens with one attached hydrogen (secondary N) is 1. The Kier molecular flexibility index (Phi) is 8.02. The zero-order chi connectivity index (χ0) is 24.6. The third-order valence-electron chi connectivity index (χ3n) is 5.28. The van der Waals surface area contributed by atoms with Gasteiger partial charge in [-0.05, 0) is 50.0 Å². The van der Waals surface area contributed by atoms with Gasteiger partial charge in [-0.15, -0.1) is 10.2 Å². The minimum atomic E-state index is -0.306. The Balaban J connectivity index is 1.49. The number of hydrogen-bond acceptors (Lipinski definition) is 8. The molecule has 2 aromatic carbocycles. The van der Waals surface area contributed by atoms with Crippen LogP contribution >= 0.6 is 11.3 Å². The Morgan fingerprint density at radius 1 is 1.03 bits per heavy atom. The number of amides is 1. The first kappa shape index (κ1) is 24.3. The van der Waals surface area contributed by atoms with E-state index in [2.05, 4.69) is 37.5 Å². The monoisotopic (exact) mass is 489 g/mol. The molecule has 9 heteroatoms. The lowest BCUT2D eigenvalue weighted by Crippen LogP contribution is -2.19. The molecule has 1 amide bonds. The predicted molar refractivity (Wildman–Crippen MR) is 137 cm³/mol. The lowest BCUT2D eigenvalue weighted by atomic mass is 10.1. The second-order valence-corrected chi connectivity index (χ2v) is 9.05. The Morgan fingerprint density at radius 2 is 1.80 bits per heavy atom. The summed E-state index contributed by atoms with van der Waals surface area (Å²) in [7, 11) is 5.63. The molecule has 0 aliphatic rings. The maximum absolute atomic E-state index is 12.9. The highest BCUT2D eigenvalue weighted by molar-refractivity contribution is 7.18. The number of hydrogen-bond donors (Lipinski definition) is 1. The van der Waals surface area contributed by atoms with Gasteiger partial charge in [0, 0.05) is 36.5 Å². The Labute approximate surface area is 208 Å². The highest BCUT2D eigenvalue weighted by Crippen LogP contribution is 2.34. The lowest BCUT2D eigenvalue weighted by molar-refractivity contribution is 0.102. The van der Waals surface area contributed by atoms with Gasteiger partial charge in [0.05, 0.1) is 7.11 Å². The number of pyridine rings is 1. The van der Waals surface area contributed by atoms with E-state index in [-0.39, 0.29) is 12.0 Å². The van der Waals surface area contributed by atoms with E-state index in [0.29, 0.717) is 27.2 Å². The van der Waals surface area contributed by atoms with Crippen molar-refractivity contribution < 1.29 is 14.3 Å². The van der Waals surface area contributed by atoms with Crippen LogP contribution in [0.25, 0.3) is 10.6 Å². The molecule has 0 bridgehead atoms. The third-order valence-corrected chi connectivity index (χ3v) is 6.17. The van der Waals surface area contributed by atoms with Crippen molar-refractivity contribution in [1.29, 1.82) is 0 Å². The minimum absolute atomic E-state index is 0.153. The van der Waals surface area contributed by atoms with Crippen LogP contribution < -0.4 is 14.8 Å². The van der Waals surface area contributed by atoms with Crippen LogP contribution in [0.15, 0.2) is 73.1 Å². The second kappa shape index (κ2) is 11.5. The molecule has 0 saturated carbocycles. The summed E-state index contributed by atoms with van der Waals surface area (Å²) in [5.41, 5.74) is 2.40. The summed E-state index contributed by atoms with van der Waals surface area (Å²) in [5.74, 6) is 0.755. The van der Waals surface area contributed by atoms with E-state index in [9.17, 15) is 4.79 Å². The van der Waals surface area contributed by atoms with Gasteiger partial charge < -0.3 is 14.4 Å². The van der Waals surface area contributed by atoms with Gasteiger partial charge in [0.25, 0.3) is 5.91 Å². The smallest absolute Gasteiger partial charge is 0.257 e. The van der Waals surface area contributed by atoms with Crippen LogP contribution in [0.4, 0.5) is 5.13 Å².